The van der Waals surface area contributed by atoms with Gasteiger partial charge in [-0.05, 0) is 38.5 Å². The van der Waals surface area contributed by atoms with E-state index in [0.717, 1.165) is 25.7 Å². The summed E-state index contributed by atoms with van der Waals surface area (Å²) in [7, 11) is 0. The molecular weight excluding hydrogens is 669 g/mol. The van der Waals surface area contributed by atoms with Crippen molar-refractivity contribution in [2.45, 2.75) is 206 Å². The Labute approximate surface area is 323 Å². The van der Waals surface area contributed by atoms with Gasteiger partial charge in [0.1, 0.15) is 12.1 Å². The number of carbonyl (C=O) groups is 6. The van der Waals surface area contributed by atoms with E-state index in [9.17, 15) is 39.0 Å². The van der Waals surface area contributed by atoms with Crippen LogP contribution in [-0.4, -0.2) is 71.0 Å². The van der Waals surface area contributed by atoms with E-state index in [2.05, 4.69) is 23.3 Å². The molecule has 13 heteroatoms. The van der Waals surface area contributed by atoms with E-state index in [0.29, 0.717) is 12.8 Å². The maximum atomic E-state index is 11.5. The Bertz CT molecular complexity index is 847. The Morgan fingerprint density at radius 2 is 0.667 bits per heavy atom. The van der Waals surface area contributed by atoms with Crippen LogP contribution < -0.4 is 21.7 Å². The maximum absolute atomic E-state index is 11.5. The fraction of sp³-hybridized carbons (Fsp3) is 0.842. The average Bonchev–Trinajstić information content (AvgIpc) is 3.07. The SMILES string of the molecule is CCCCCCCCCCCCCC(=O)OC(=O)[C@@H](N)CCC(=O)[O-].CCCCCCCCCCCCCC(=O)OC(=O)[C@@H](N)CCC(=O)[O-].[Mg+2]. The number of carbonyl (C=O) groups excluding carboxylic acids is 6. The van der Waals surface area contributed by atoms with Crippen molar-refractivity contribution in [1.82, 2.24) is 0 Å². The standard InChI is InChI=1S/2C19H35NO5.Mg/c2*1-2-3-4-5-6-7-8-9-10-11-12-13-18(23)25-19(24)16(20)14-15-17(21)22;/h2*16H,2-15,20H2,1H3,(H,21,22);/q;;+2/p-2/t2*16-;/m00./s1. The largest absolute Gasteiger partial charge is 2.00 e. The van der Waals surface area contributed by atoms with Gasteiger partial charge in [-0.3, -0.25) is 9.59 Å². The second-order valence-corrected chi connectivity index (χ2v) is 13.2. The molecule has 292 valence electrons. The van der Waals surface area contributed by atoms with Gasteiger partial charge in [-0.15, -0.1) is 0 Å². The Morgan fingerprint density at radius 1 is 0.431 bits per heavy atom. The zero-order valence-electron chi connectivity index (χ0n) is 31.9. The van der Waals surface area contributed by atoms with Crippen LogP contribution in [0.15, 0.2) is 0 Å². The summed E-state index contributed by atoms with van der Waals surface area (Å²) in [6, 6.07) is -2.20. The van der Waals surface area contributed by atoms with Crippen molar-refractivity contribution in [3.8, 4) is 0 Å². The van der Waals surface area contributed by atoms with Crippen LogP contribution in [0.3, 0.4) is 0 Å². The summed E-state index contributed by atoms with van der Waals surface area (Å²) in [5.74, 6) is -5.48. The fourth-order valence-corrected chi connectivity index (χ4v) is 5.13. The van der Waals surface area contributed by atoms with Gasteiger partial charge in [-0.2, -0.15) is 0 Å². The second-order valence-electron chi connectivity index (χ2n) is 13.2. The summed E-state index contributed by atoms with van der Waals surface area (Å²) < 4.78 is 9.24. The second kappa shape index (κ2) is 39.1. The van der Waals surface area contributed by atoms with Gasteiger partial charge in [-0.25, -0.2) is 9.59 Å². The van der Waals surface area contributed by atoms with Crippen LogP contribution in [0, 0.1) is 0 Å². The number of carboxylic acid groups (broad SMARTS) is 2. The van der Waals surface area contributed by atoms with Gasteiger partial charge < -0.3 is 40.7 Å². The number of hydrogen-bond donors (Lipinski definition) is 2. The summed E-state index contributed by atoms with van der Waals surface area (Å²) >= 11 is 0. The molecule has 0 saturated heterocycles. The molecule has 0 rings (SSSR count). The van der Waals surface area contributed by atoms with Gasteiger partial charge >= 0.3 is 46.9 Å². The third-order valence-electron chi connectivity index (χ3n) is 8.32. The van der Waals surface area contributed by atoms with Gasteiger partial charge in [0.15, 0.2) is 0 Å². The quantitative estimate of drug-likeness (QED) is 0.0410. The Balaban J connectivity index is -0.000000886. The molecule has 2 atom stereocenters. The molecule has 0 radical (unpaired) electrons. The summed E-state index contributed by atoms with van der Waals surface area (Å²) in [5, 5.41) is 20.6. The van der Waals surface area contributed by atoms with E-state index < -0.39 is 47.9 Å². The van der Waals surface area contributed by atoms with Crippen molar-refractivity contribution < 1.29 is 48.5 Å². The van der Waals surface area contributed by atoms with E-state index in [1.807, 2.05) is 0 Å². The molecule has 0 aliphatic heterocycles. The molecule has 0 saturated carbocycles. The topological polar surface area (TPSA) is 219 Å². The molecule has 0 unspecified atom stereocenters. The third-order valence-corrected chi connectivity index (χ3v) is 8.32. The normalized spacial score (nSPS) is 11.7. The van der Waals surface area contributed by atoms with Gasteiger partial charge in [0.05, 0.1) is 0 Å². The summed E-state index contributed by atoms with van der Waals surface area (Å²) in [5.41, 5.74) is 10.9. The molecule has 0 aliphatic rings. The minimum atomic E-state index is -1.28. The van der Waals surface area contributed by atoms with Crippen molar-refractivity contribution in [2.75, 3.05) is 0 Å². The Kier molecular flexibility index (Phi) is 40.9. The maximum Gasteiger partial charge on any atom is 2.00 e. The predicted molar refractivity (Wildman–Crippen MR) is 195 cm³/mol. The van der Waals surface area contributed by atoms with Crippen LogP contribution in [-0.2, 0) is 38.2 Å². The molecule has 0 amide bonds. The molecule has 0 aromatic heterocycles. The van der Waals surface area contributed by atoms with Crippen LogP contribution in [0.25, 0.3) is 0 Å². The van der Waals surface area contributed by atoms with Gasteiger partial charge in [-0.1, -0.05) is 142 Å². The monoisotopic (exact) mass is 736 g/mol. The molecule has 51 heavy (non-hydrogen) atoms. The Morgan fingerprint density at radius 3 is 0.902 bits per heavy atom. The van der Waals surface area contributed by atoms with E-state index in [-0.39, 0.29) is 61.6 Å². The van der Waals surface area contributed by atoms with E-state index in [4.69, 9.17) is 11.5 Å². The molecular formula is C38H68MgN2O10. The van der Waals surface area contributed by atoms with Crippen LogP contribution in [0.2, 0.25) is 0 Å². The molecule has 0 aliphatic carbocycles. The molecule has 0 bridgehead atoms. The number of carboxylic acids is 2. The van der Waals surface area contributed by atoms with Gasteiger partial charge in [0, 0.05) is 24.8 Å². The number of nitrogens with two attached hydrogens (primary N) is 2. The number of rotatable bonds is 32. The minimum absolute atomic E-state index is 0. The fourth-order valence-electron chi connectivity index (χ4n) is 5.13. The minimum Gasteiger partial charge on any atom is -0.550 e. The van der Waals surface area contributed by atoms with Crippen LogP contribution in [0.1, 0.15) is 194 Å². The zero-order chi connectivity index (χ0) is 37.8. The third kappa shape index (κ3) is 40.5. The molecule has 4 N–H and O–H groups in total. The van der Waals surface area contributed by atoms with Crippen molar-refractivity contribution in [2.24, 2.45) is 11.5 Å². The first-order chi connectivity index (χ1) is 23.9. The number of ether oxygens (including phenoxy) is 2. The molecule has 0 fully saturated rings. The van der Waals surface area contributed by atoms with E-state index >= 15 is 0 Å². The summed E-state index contributed by atoms with van der Waals surface area (Å²) in [6.07, 6.45) is 25.6. The number of hydrogen-bond acceptors (Lipinski definition) is 12. The molecule has 12 nitrogen and oxygen atoms in total. The molecule has 0 heterocycles. The number of esters is 4. The zero-order valence-corrected chi connectivity index (χ0v) is 33.3. The predicted octanol–water partition coefficient (Wildman–Crippen LogP) is 4.85. The molecule has 0 aromatic rings. The van der Waals surface area contributed by atoms with Crippen molar-refractivity contribution in [3.05, 3.63) is 0 Å². The van der Waals surface area contributed by atoms with Gasteiger partial charge in [0.2, 0.25) is 0 Å². The van der Waals surface area contributed by atoms with E-state index in [1.54, 1.807) is 0 Å². The first-order valence-electron chi connectivity index (χ1n) is 19.3. The van der Waals surface area contributed by atoms with Gasteiger partial charge in [0.25, 0.3) is 0 Å². The first-order valence-corrected chi connectivity index (χ1v) is 19.3. The smallest absolute Gasteiger partial charge is 0.550 e. The first kappa shape index (κ1) is 53.3. The summed E-state index contributed by atoms with van der Waals surface area (Å²) in [6.45, 7) is 4.44. The molecule has 0 aromatic carbocycles. The van der Waals surface area contributed by atoms with Crippen LogP contribution in [0.5, 0.6) is 0 Å². The van der Waals surface area contributed by atoms with Crippen LogP contribution >= 0.6 is 0 Å². The van der Waals surface area contributed by atoms with E-state index in [1.165, 1.54) is 103 Å². The Hall–Kier alpha value is -2.09. The average molecular weight is 737 g/mol. The van der Waals surface area contributed by atoms with Crippen molar-refractivity contribution in [3.63, 3.8) is 0 Å². The molecule has 0 spiro atoms. The van der Waals surface area contributed by atoms with Crippen molar-refractivity contribution >= 4 is 58.9 Å². The number of aliphatic carboxylic acids is 2. The van der Waals surface area contributed by atoms with Crippen LogP contribution in [0.4, 0.5) is 0 Å². The number of unbranched alkanes of at least 4 members (excludes halogenated alkanes) is 20. The van der Waals surface area contributed by atoms with Crippen molar-refractivity contribution in [1.29, 1.82) is 0 Å². The summed E-state index contributed by atoms with van der Waals surface area (Å²) in [4.78, 5) is 66.6.